The number of carboxylic acid groups (broad SMARTS) is 1. The van der Waals surface area contributed by atoms with Gasteiger partial charge in [0.25, 0.3) is 0 Å². The third-order valence-corrected chi connectivity index (χ3v) is 3.94. The van der Waals surface area contributed by atoms with Gasteiger partial charge < -0.3 is 5.11 Å². The molecule has 1 amide bonds. The zero-order valence-electron chi connectivity index (χ0n) is 11.5. The van der Waals surface area contributed by atoms with Crippen LogP contribution in [0.3, 0.4) is 0 Å². The number of carbonyl (C=O) groups is 2. The molecule has 1 aromatic carbocycles. The Morgan fingerprint density at radius 1 is 1.37 bits per heavy atom. The molecule has 0 spiro atoms. The van der Waals surface area contributed by atoms with Gasteiger partial charge in [-0.2, -0.15) is 0 Å². The molecule has 0 fully saturated rings. The third kappa shape index (κ3) is 2.23. The van der Waals surface area contributed by atoms with Crippen molar-refractivity contribution in [3.63, 3.8) is 0 Å². The second-order valence-electron chi connectivity index (χ2n) is 5.60. The number of nitrogens with zero attached hydrogens (tertiary/aromatic N) is 1. The number of hydrogen-bond acceptors (Lipinski definition) is 2. The average molecular weight is 261 g/mol. The quantitative estimate of drug-likeness (QED) is 0.909. The molecule has 0 unspecified atom stereocenters. The lowest BCUT2D eigenvalue weighted by molar-refractivity contribution is -0.141. The number of fused-ring (bicyclic) bond motifs is 1. The van der Waals surface area contributed by atoms with Crippen LogP contribution in [-0.4, -0.2) is 23.0 Å². The molecule has 0 saturated carbocycles. The molecule has 0 radical (unpaired) electrons. The minimum absolute atomic E-state index is 0.118. The van der Waals surface area contributed by atoms with Crippen LogP contribution < -0.4 is 4.90 Å². The zero-order valence-corrected chi connectivity index (χ0v) is 11.5. The van der Waals surface area contributed by atoms with Crippen molar-refractivity contribution in [2.45, 2.75) is 39.7 Å². The standard InChI is InChI=1S/C15H19NO3/c1-4-15(2,3)14(19)16-11-8-6-5-7-10(11)9-12(16)13(17)18/h5-8,12H,4,9H2,1-3H3,(H,17,18)/t12-/m0/s1. The lowest BCUT2D eigenvalue weighted by Crippen LogP contribution is -2.48. The highest BCUT2D eigenvalue weighted by molar-refractivity contribution is 6.04. The van der Waals surface area contributed by atoms with Crippen molar-refractivity contribution < 1.29 is 14.7 Å². The number of anilines is 1. The SMILES string of the molecule is CCC(C)(C)C(=O)N1c2ccccc2C[C@H]1C(=O)O. The van der Waals surface area contributed by atoms with Crippen molar-refractivity contribution in [3.05, 3.63) is 29.8 Å². The largest absolute Gasteiger partial charge is 0.480 e. The van der Waals surface area contributed by atoms with Gasteiger partial charge in [-0.15, -0.1) is 0 Å². The summed E-state index contributed by atoms with van der Waals surface area (Å²) in [6.07, 6.45) is 1.06. The van der Waals surface area contributed by atoms with Crippen LogP contribution in [0.25, 0.3) is 0 Å². The summed E-state index contributed by atoms with van der Waals surface area (Å²) >= 11 is 0. The number of benzene rings is 1. The lowest BCUT2D eigenvalue weighted by Gasteiger charge is -2.31. The summed E-state index contributed by atoms with van der Waals surface area (Å²) in [6, 6.07) is 6.63. The van der Waals surface area contributed by atoms with E-state index in [9.17, 15) is 14.7 Å². The normalized spacial score (nSPS) is 18.3. The average Bonchev–Trinajstić information content (AvgIpc) is 2.77. The van der Waals surface area contributed by atoms with Gasteiger partial charge in [-0.1, -0.05) is 39.0 Å². The molecule has 0 bridgehead atoms. The van der Waals surface area contributed by atoms with Gasteiger partial charge >= 0.3 is 5.97 Å². The number of carbonyl (C=O) groups excluding carboxylic acids is 1. The van der Waals surface area contributed by atoms with Crippen molar-refractivity contribution in [2.24, 2.45) is 5.41 Å². The van der Waals surface area contributed by atoms with Gasteiger partial charge in [0.05, 0.1) is 0 Å². The Hall–Kier alpha value is -1.84. The van der Waals surface area contributed by atoms with E-state index in [1.807, 2.05) is 45.0 Å². The predicted octanol–water partition coefficient (Wildman–Crippen LogP) is 2.47. The molecule has 1 atom stereocenters. The van der Waals surface area contributed by atoms with Crippen LogP contribution in [-0.2, 0) is 16.0 Å². The van der Waals surface area contributed by atoms with E-state index in [1.54, 1.807) is 0 Å². The van der Waals surface area contributed by atoms with Crippen LogP contribution in [0.1, 0.15) is 32.8 Å². The van der Waals surface area contributed by atoms with Crippen LogP contribution in [0.15, 0.2) is 24.3 Å². The molecule has 1 heterocycles. The Bertz CT molecular complexity index is 522. The Morgan fingerprint density at radius 3 is 2.58 bits per heavy atom. The summed E-state index contributed by atoms with van der Waals surface area (Å²) in [7, 11) is 0. The van der Waals surface area contributed by atoms with Crippen LogP contribution in [0, 0.1) is 5.41 Å². The summed E-state index contributed by atoms with van der Waals surface area (Å²) in [5.74, 6) is -1.07. The second-order valence-corrected chi connectivity index (χ2v) is 5.60. The van der Waals surface area contributed by atoms with Crippen LogP contribution >= 0.6 is 0 Å². The summed E-state index contributed by atoms with van der Waals surface area (Å²) < 4.78 is 0. The highest BCUT2D eigenvalue weighted by atomic mass is 16.4. The molecule has 1 N–H and O–H groups in total. The highest BCUT2D eigenvalue weighted by Gasteiger charge is 2.42. The Morgan fingerprint density at radius 2 is 2.00 bits per heavy atom. The molecule has 0 aliphatic carbocycles. The maximum atomic E-state index is 12.6. The fraction of sp³-hybridized carbons (Fsp3) is 0.467. The van der Waals surface area contributed by atoms with E-state index in [0.717, 1.165) is 11.3 Å². The first kappa shape index (κ1) is 13.6. The summed E-state index contributed by atoms with van der Waals surface area (Å²) in [5.41, 5.74) is 1.11. The van der Waals surface area contributed by atoms with Crippen LogP contribution in [0.2, 0.25) is 0 Å². The number of rotatable bonds is 3. The molecule has 1 aliphatic heterocycles. The molecule has 1 aromatic rings. The molecular weight excluding hydrogens is 242 g/mol. The molecule has 2 rings (SSSR count). The topological polar surface area (TPSA) is 57.6 Å². The Labute approximate surface area is 113 Å². The van der Waals surface area contributed by atoms with E-state index in [0.29, 0.717) is 12.8 Å². The van der Waals surface area contributed by atoms with E-state index in [-0.39, 0.29) is 5.91 Å². The summed E-state index contributed by atoms with van der Waals surface area (Å²) in [6.45, 7) is 5.65. The molecule has 102 valence electrons. The first-order valence-electron chi connectivity index (χ1n) is 6.53. The molecule has 1 aliphatic rings. The minimum Gasteiger partial charge on any atom is -0.480 e. The maximum absolute atomic E-state index is 12.6. The van der Waals surface area contributed by atoms with Crippen molar-refractivity contribution >= 4 is 17.6 Å². The minimum atomic E-state index is -0.948. The van der Waals surface area contributed by atoms with Gasteiger partial charge in [-0.05, 0) is 18.1 Å². The summed E-state index contributed by atoms with van der Waals surface area (Å²) in [5, 5.41) is 9.35. The van der Waals surface area contributed by atoms with Gasteiger partial charge in [-0.3, -0.25) is 9.69 Å². The molecule has 0 saturated heterocycles. The monoisotopic (exact) mass is 261 g/mol. The maximum Gasteiger partial charge on any atom is 0.327 e. The third-order valence-electron chi connectivity index (χ3n) is 3.94. The fourth-order valence-corrected chi connectivity index (χ4v) is 2.31. The highest BCUT2D eigenvalue weighted by Crippen LogP contribution is 2.36. The van der Waals surface area contributed by atoms with Crippen molar-refractivity contribution in [1.82, 2.24) is 0 Å². The van der Waals surface area contributed by atoms with E-state index in [4.69, 9.17) is 0 Å². The number of para-hydroxylation sites is 1. The van der Waals surface area contributed by atoms with Gasteiger partial charge in [0, 0.05) is 17.5 Å². The van der Waals surface area contributed by atoms with Gasteiger partial charge in [0.15, 0.2) is 0 Å². The van der Waals surface area contributed by atoms with E-state index >= 15 is 0 Å². The van der Waals surface area contributed by atoms with E-state index in [1.165, 1.54) is 4.90 Å². The molecular formula is C15H19NO3. The zero-order chi connectivity index (χ0) is 14.2. The number of aliphatic carboxylic acids is 1. The number of amides is 1. The van der Waals surface area contributed by atoms with E-state index in [2.05, 4.69) is 0 Å². The fourth-order valence-electron chi connectivity index (χ4n) is 2.31. The second kappa shape index (κ2) is 4.68. The first-order chi connectivity index (χ1) is 8.88. The van der Waals surface area contributed by atoms with Crippen LogP contribution in [0.4, 0.5) is 5.69 Å². The van der Waals surface area contributed by atoms with E-state index < -0.39 is 17.4 Å². The van der Waals surface area contributed by atoms with Gasteiger partial charge in [0.2, 0.25) is 5.91 Å². The Kier molecular flexibility index (Phi) is 3.35. The van der Waals surface area contributed by atoms with Crippen molar-refractivity contribution in [1.29, 1.82) is 0 Å². The summed E-state index contributed by atoms with van der Waals surface area (Å²) in [4.78, 5) is 25.5. The molecule has 4 nitrogen and oxygen atoms in total. The van der Waals surface area contributed by atoms with Crippen LogP contribution in [0.5, 0.6) is 0 Å². The first-order valence-corrected chi connectivity index (χ1v) is 6.53. The Balaban J connectivity index is 2.45. The number of hydrogen-bond donors (Lipinski definition) is 1. The molecule has 4 heteroatoms. The molecule has 19 heavy (non-hydrogen) atoms. The molecule has 0 aromatic heterocycles. The van der Waals surface area contributed by atoms with Gasteiger partial charge in [0.1, 0.15) is 6.04 Å². The lowest BCUT2D eigenvalue weighted by atomic mass is 9.88. The predicted molar refractivity (Wildman–Crippen MR) is 73.1 cm³/mol. The van der Waals surface area contributed by atoms with Gasteiger partial charge in [-0.25, -0.2) is 4.79 Å². The number of carboxylic acids is 1. The van der Waals surface area contributed by atoms with Crippen molar-refractivity contribution in [2.75, 3.05) is 4.90 Å². The van der Waals surface area contributed by atoms with Crippen molar-refractivity contribution in [3.8, 4) is 0 Å². The smallest absolute Gasteiger partial charge is 0.327 e.